The third kappa shape index (κ3) is 3.68. The molecule has 1 aromatic heterocycles. The van der Waals surface area contributed by atoms with Crippen molar-refractivity contribution in [2.45, 2.75) is 26.8 Å². The van der Waals surface area contributed by atoms with Gasteiger partial charge in [0.1, 0.15) is 0 Å². The molecule has 0 aliphatic carbocycles. The first kappa shape index (κ1) is 13.3. The predicted octanol–water partition coefficient (Wildman–Crippen LogP) is 2.32. The normalized spacial score (nSPS) is 10.4. The van der Waals surface area contributed by atoms with Crippen molar-refractivity contribution in [1.29, 1.82) is 0 Å². The molecule has 0 unspecified atom stereocenters. The van der Waals surface area contributed by atoms with Crippen molar-refractivity contribution in [1.82, 2.24) is 15.1 Å². The summed E-state index contributed by atoms with van der Waals surface area (Å²) in [5.41, 5.74) is 2.89. The molecule has 2 rings (SSSR count). The Morgan fingerprint density at radius 2 is 2.00 bits per heavy atom. The molecule has 1 amide bonds. The zero-order valence-electron chi connectivity index (χ0n) is 11.4. The van der Waals surface area contributed by atoms with Crippen LogP contribution >= 0.6 is 0 Å². The summed E-state index contributed by atoms with van der Waals surface area (Å²) >= 11 is 0. The van der Waals surface area contributed by atoms with Gasteiger partial charge in [-0.2, -0.15) is 5.10 Å². The molecule has 2 aromatic rings. The van der Waals surface area contributed by atoms with Crippen molar-refractivity contribution in [3.8, 4) is 0 Å². The first-order chi connectivity index (χ1) is 9.16. The monoisotopic (exact) mass is 257 g/mol. The summed E-state index contributed by atoms with van der Waals surface area (Å²) in [4.78, 5) is 11.8. The van der Waals surface area contributed by atoms with E-state index in [4.69, 9.17) is 0 Å². The molecule has 0 fully saturated rings. The minimum atomic E-state index is -0.0195. The fourth-order valence-corrected chi connectivity index (χ4v) is 2.02. The van der Waals surface area contributed by atoms with E-state index < -0.39 is 0 Å². The zero-order chi connectivity index (χ0) is 13.7. The summed E-state index contributed by atoms with van der Waals surface area (Å²) in [7, 11) is 0. The van der Waals surface area contributed by atoms with Gasteiger partial charge in [-0.25, -0.2) is 0 Å². The molecule has 0 saturated heterocycles. The molecule has 4 nitrogen and oxygen atoms in total. The number of carbonyl (C=O) groups excluding carboxylic acids is 1. The summed E-state index contributed by atoms with van der Waals surface area (Å²) in [6, 6.07) is 11.3. The number of nitrogens with one attached hydrogen (secondary N) is 1. The second kappa shape index (κ2) is 6.18. The molecule has 4 heteroatoms. The average Bonchev–Trinajstić information content (AvgIpc) is 2.74. The maximum absolute atomic E-state index is 11.8. The number of hydrogen-bond acceptors (Lipinski definition) is 2. The Morgan fingerprint density at radius 1 is 1.26 bits per heavy atom. The molecular formula is C15H19N3O. The summed E-state index contributed by atoms with van der Waals surface area (Å²) in [6.07, 6.45) is 0.876. The van der Waals surface area contributed by atoms with Gasteiger partial charge in [0.2, 0.25) is 0 Å². The number of aromatic nitrogens is 2. The van der Waals surface area contributed by atoms with E-state index in [1.165, 1.54) is 0 Å². The molecule has 0 spiro atoms. The van der Waals surface area contributed by atoms with Crippen molar-refractivity contribution in [3.05, 3.63) is 53.3 Å². The van der Waals surface area contributed by atoms with Gasteiger partial charge >= 0.3 is 0 Å². The zero-order valence-corrected chi connectivity index (χ0v) is 11.4. The highest BCUT2D eigenvalue weighted by atomic mass is 16.1. The lowest BCUT2D eigenvalue weighted by Crippen LogP contribution is -2.25. The molecule has 0 bridgehead atoms. The van der Waals surface area contributed by atoms with Gasteiger partial charge in [-0.05, 0) is 38.5 Å². The maximum atomic E-state index is 11.8. The fraction of sp³-hybridized carbons (Fsp3) is 0.333. The third-order valence-electron chi connectivity index (χ3n) is 2.97. The largest absolute Gasteiger partial charge is 0.352 e. The van der Waals surface area contributed by atoms with Crippen LogP contribution in [0.2, 0.25) is 0 Å². The molecule has 1 N–H and O–H groups in total. The Bertz CT molecular complexity index is 546. The lowest BCUT2D eigenvalue weighted by atomic mass is 10.2. The van der Waals surface area contributed by atoms with Gasteiger partial charge in [0, 0.05) is 24.3 Å². The van der Waals surface area contributed by atoms with Crippen LogP contribution in [-0.4, -0.2) is 22.2 Å². The molecule has 0 radical (unpaired) electrons. The average molecular weight is 257 g/mol. The van der Waals surface area contributed by atoms with E-state index >= 15 is 0 Å². The molecule has 0 aliphatic heterocycles. The highest BCUT2D eigenvalue weighted by Crippen LogP contribution is 2.02. The van der Waals surface area contributed by atoms with Gasteiger partial charge in [-0.3, -0.25) is 9.48 Å². The molecule has 0 saturated carbocycles. The number of benzene rings is 1. The number of carbonyl (C=O) groups is 1. The molecule has 0 aliphatic rings. The van der Waals surface area contributed by atoms with Crippen LogP contribution in [-0.2, 0) is 6.54 Å². The molecule has 1 aromatic carbocycles. The first-order valence-corrected chi connectivity index (χ1v) is 6.51. The van der Waals surface area contributed by atoms with E-state index in [-0.39, 0.29) is 5.91 Å². The van der Waals surface area contributed by atoms with Crippen LogP contribution in [0.4, 0.5) is 0 Å². The van der Waals surface area contributed by atoms with Gasteiger partial charge in [-0.1, -0.05) is 18.2 Å². The smallest absolute Gasteiger partial charge is 0.251 e. The van der Waals surface area contributed by atoms with E-state index in [1.54, 1.807) is 0 Å². The Hall–Kier alpha value is -2.10. The number of hydrogen-bond donors (Lipinski definition) is 1. The summed E-state index contributed by atoms with van der Waals surface area (Å²) in [5, 5.41) is 7.30. The summed E-state index contributed by atoms with van der Waals surface area (Å²) < 4.78 is 1.98. The molecule has 1 heterocycles. The van der Waals surface area contributed by atoms with E-state index in [2.05, 4.69) is 16.5 Å². The van der Waals surface area contributed by atoms with Crippen LogP contribution in [0.1, 0.15) is 28.2 Å². The Balaban J connectivity index is 1.75. The number of rotatable bonds is 5. The predicted molar refractivity (Wildman–Crippen MR) is 75.1 cm³/mol. The lowest BCUT2D eigenvalue weighted by molar-refractivity contribution is 0.0952. The van der Waals surface area contributed by atoms with E-state index in [1.807, 2.05) is 48.9 Å². The number of aryl methyl sites for hydroxylation is 3. The van der Waals surface area contributed by atoms with Gasteiger partial charge in [0.25, 0.3) is 5.91 Å². The standard InChI is InChI=1S/C15H19N3O/c1-12-11-13(2)18(17-12)10-6-9-16-15(19)14-7-4-3-5-8-14/h3-5,7-8,11H,6,9-10H2,1-2H3,(H,16,19). The van der Waals surface area contributed by atoms with Crippen LogP contribution in [0.3, 0.4) is 0 Å². The van der Waals surface area contributed by atoms with Crippen molar-refractivity contribution in [3.63, 3.8) is 0 Å². The lowest BCUT2D eigenvalue weighted by Gasteiger charge is -2.06. The Kier molecular flexibility index (Phi) is 4.34. The van der Waals surface area contributed by atoms with Crippen LogP contribution in [0.25, 0.3) is 0 Å². The second-order valence-corrected chi connectivity index (χ2v) is 4.63. The van der Waals surface area contributed by atoms with Gasteiger partial charge in [0.15, 0.2) is 0 Å². The summed E-state index contributed by atoms with van der Waals surface area (Å²) in [6.45, 7) is 5.52. The van der Waals surface area contributed by atoms with Gasteiger partial charge in [-0.15, -0.1) is 0 Å². The maximum Gasteiger partial charge on any atom is 0.251 e. The van der Waals surface area contributed by atoms with Crippen LogP contribution < -0.4 is 5.32 Å². The topological polar surface area (TPSA) is 46.9 Å². The first-order valence-electron chi connectivity index (χ1n) is 6.51. The van der Waals surface area contributed by atoms with Crippen molar-refractivity contribution >= 4 is 5.91 Å². The van der Waals surface area contributed by atoms with E-state index in [0.717, 1.165) is 24.4 Å². The molecule has 100 valence electrons. The Labute approximate surface area is 113 Å². The minimum absolute atomic E-state index is 0.0195. The highest BCUT2D eigenvalue weighted by molar-refractivity contribution is 5.94. The van der Waals surface area contributed by atoms with E-state index in [9.17, 15) is 4.79 Å². The number of nitrogens with zero attached hydrogens (tertiary/aromatic N) is 2. The molecule has 0 atom stereocenters. The van der Waals surface area contributed by atoms with Gasteiger partial charge in [0.05, 0.1) is 5.69 Å². The van der Waals surface area contributed by atoms with Crippen molar-refractivity contribution in [2.24, 2.45) is 0 Å². The minimum Gasteiger partial charge on any atom is -0.352 e. The Morgan fingerprint density at radius 3 is 2.63 bits per heavy atom. The molecular weight excluding hydrogens is 238 g/mol. The van der Waals surface area contributed by atoms with Crippen molar-refractivity contribution < 1.29 is 4.79 Å². The van der Waals surface area contributed by atoms with Crippen LogP contribution in [0.5, 0.6) is 0 Å². The second-order valence-electron chi connectivity index (χ2n) is 4.63. The fourth-order valence-electron chi connectivity index (χ4n) is 2.02. The number of amides is 1. The van der Waals surface area contributed by atoms with E-state index in [0.29, 0.717) is 12.1 Å². The SMILES string of the molecule is Cc1cc(C)n(CCCNC(=O)c2ccccc2)n1. The third-order valence-corrected chi connectivity index (χ3v) is 2.97. The summed E-state index contributed by atoms with van der Waals surface area (Å²) in [5.74, 6) is -0.0195. The van der Waals surface area contributed by atoms with Crippen LogP contribution in [0, 0.1) is 13.8 Å². The highest BCUT2D eigenvalue weighted by Gasteiger charge is 2.04. The van der Waals surface area contributed by atoms with Gasteiger partial charge < -0.3 is 5.32 Å². The molecule has 19 heavy (non-hydrogen) atoms. The van der Waals surface area contributed by atoms with Crippen molar-refractivity contribution in [2.75, 3.05) is 6.54 Å². The quantitative estimate of drug-likeness (QED) is 0.836. The van der Waals surface area contributed by atoms with Crippen LogP contribution in [0.15, 0.2) is 36.4 Å².